The molecule has 2 aromatic rings. The Morgan fingerprint density at radius 1 is 1.41 bits per heavy atom. The SMILES string of the molecule is CCn1cc(S(=O)(=O)NC2(c3nc(C)cs3)CCCC2)cn1. The maximum absolute atomic E-state index is 12.7. The van der Waals surface area contributed by atoms with Gasteiger partial charge in [-0.2, -0.15) is 9.82 Å². The Labute approximate surface area is 134 Å². The smallest absolute Gasteiger partial charge is 0.244 e. The van der Waals surface area contributed by atoms with Gasteiger partial charge in [-0.05, 0) is 26.7 Å². The highest BCUT2D eigenvalue weighted by atomic mass is 32.2. The van der Waals surface area contributed by atoms with Gasteiger partial charge in [-0.15, -0.1) is 11.3 Å². The van der Waals surface area contributed by atoms with Gasteiger partial charge >= 0.3 is 0 Å². The van der Waals surface area contributed by atoms with Crippen LogP contribution in [0.25, 0.3) is 0 Å². The summed E-state index contributed by atoms with van der Waals surface area (Å²) in [4.78, 5) is 4.75. The molecule has 1 aliphatic carbocycles. The molecule has 1 fully saturated rings. The Balaban J connectivity index is 1.94. The Morgan fingerprint density at radius 3 is 2.68 bits per heavy atom. The van der Waals surface area contributed by atoms with E-state index in [4.69, 9.17) is 0 Å². The average molecular weight is 340 g/mol. The second-order valence-electron chi connectivity index (χ2n) is 5.72. The third-order valence-corrected chi connectivity index (χ3v) is 6.71. The molecular weight excluding hydrogens is 320 g/mol. The van der Waals surface area contributed by atoms with Gasteiger partial charge in [0.1, 0.15) is 9.90 Å². The van der Waals surface area contributed by atoms with E-state index < -0.39 is 15.6 Å². The van der Waals surface area contributed by atoms with Crippen LogP contribution < -0.4 is 4.72 Å². The fourth-order valence-electron chi connectivity index (χ4n) is 2.88. The second kappa shape index (κ2) is 5.75. The zero-order valence-corrected chi connectivity index (χ0v) is 14.4. The fourth-order valence-corrected chi connectivity index (χ4v) is 5.34. The topological polar surface area (TPSA) is 76.9 Å². The predicted molar refractivity (Wildman–Crippen MR) is 85.2 cm³/mol. The van der Waals surface area contributed by atoms with Crippen LogP contribution in [0.5, 0.6) is 0 Å². The molecule has 0 spiro atoms. The molecule has 6 nitrogen and oxygen atoms in total. The lowest BCUT2D eigenvalue weighted by molar-refractivity contribution is 0.402. The van der Waals surface area contributed by atoms with E-state index in [1.807, 2.05) is 19.2 Å². The molecule has 3 rings (SSSR count). The first-order valence-electron chi connectivity index (χ1n) is 7.44. The van der Waals surface area contributed by atoms with Crippen molar-refractivity contribution in [3.05, 3.63) is 28.5 Å². The molecular formula is C14H20N4O2S2. The van der Waals surface area contributed by atoms with Crippen molar-refractivity contribution in [3.63, 3.8) is 0 Å². The first kappa shape index (κ1) is 15.6. The summed E-state index contributed by atoms with van der Waals surface area (Å²) in [5, 5.41) is 6.90. The summed E-state index contributed by atoms with van der Waals surface area (Å²) >= 11 is 1.53. The summed E-state index contributed by atoms with van der Waals surface area (Å²) < 4.78 is 30.0. The zero-order valence-electron chi connectivity index (χ0n) is 12.7. The first-order valence-corrected chi connectivity index (χ1v) is 9.80. The molecule has 0 unspecified atom stereocenters. The summed E-state index contributed by atoms with van der Waals surface area (Å²) in [6.07, 6.45) is 6.58. The number of aromatic nitrogens is 3. The maximum atomic E-state index is 12.7. The van der Waals surface area contributed by atoms with Gasteiger partial charge in [0.15, 0.2) is 0 Å². The molecule has 8 heteroatoms. The van der Waals surface area contributed by atoms with E-state index >= 15 is 0 Å². The van der Waals surface area contributed by atoms with Crippen LogP contribution in [0.2, 0.25) is 0 Å². The molecule has 1 aliphatic rings. The van der Waals surface area contributed by atoms with Gasteiger partial charge in [0, 0.05) is 23.8 Å². The van der Waals surface area contributed by atoms with Crippen molar-refractivity contribution in [1.29, 1.82) is 0 Å². The normalized spacial score (nSPS) is 17.9. The fraction of sp³-hybridized carbons (Fsp3) is 0.571. The minimum Gasteiger partial charge on any atom is -0.272 e. The maximum Gasteiger partial charge on any atom is 0.244 e. The minimum atomic E-state index is -3.60. The van der Waals surface area contributed by atoms with Crippen LogP contribution in [0.1, 0.15) is 43.3 Å². The Hall–Kier alpha value is -1.25. The number of sulfonamides is 1. The molecule has 2 aromatic heterocycles. The van der Waals surface area contributed by atoms with Gasteiger partial charge in [0.05, 0.1) is 11.7 Å². The number of nitrogens with zero attached hydrogens (tertiary/aromatic N) is 3. The quantitative estimate of drug-likeness (QED) is 0.907. The van der Waals surface area contributed by atoms with Gasteiger partial charge in [0.2, 0.25) is 10.0 Å². The zero-order chi connectivity index (χ0) is 15.8. The minimum absolute atomic E-state index is 0.217. The second-order valence-corrected chi connectivity index (χ2v) is 8.26. The van der Waals surface area contributed by atoms with Crippen LogP contribution in [-0.2, 0) is 22.1 Å². The molecule has 0 radical (unpaired) electrons. The molecule has 1 N–H and O–H groups in total. The highest BCUT2D eigenvalue weighted by molar-refractivity contribution is 7.89. The van der Waals surface area contributed by atoms with E-state index in [1.165, 1.54) is 17.5 Å². The van der Waals surface area contributed by atoms with Crippen LogP contribution in [0.4, 0.5) is 0 Å². The molecule has 0 aromatic carbocycles. The van der Waals surface area contributed by atoms with E-state index in [1.54, 1.807) is 10.9 Å². The lowest BCUT2D eigenvalue weighted by atomic mass is 10.0. The largest absolute Gasteiger partial charge is 0.272 e. The molecule has 120 valence electrons. The molecule has 0 aliphatic heterocycles. The van der Waals surface area contributed by atoms with Crippen molar-refractivity contribution >= 4 is 21.4 Å². The van der Waals surface area contributed by atoms with Crippen LogP contribution >= 0.6 is 11.3 Å². The van der Waals surface area contributed by atoms with E-state index in [2.05, 4.69) is 14.8 Å². The highest BCUT2D eigenvalue weighted by Gasteiger charge is 2.42. The van der Waals surface area contributed by atoms with Gasteiger partial charge in [-0.25, -0.2) is 13.4 Å². The van der Waals surface area contributed by atoms with Crippen molar-refractivity contribution in [2.75, 3.05) is 0 Å². The van der Waals surface area contributed by atoms with E-state index in [0.717, 1.165) is 36.4 Å². The van der Waals surface area contributed by atoms with E-state index in [-0.39, 0.29) is 4.90 Å². The molecule has 1 saturated carbocycles. The summed E-state index contributed by atoms with van der Waals surface area (Å²) in [6, 6.07) is 0. The standard InChI is InChI=1S/C14H20N4O2S2/c1-3-18-9-12(8-15-18)22(19,20)17-14(6-4-5-7-14)13-16-11(2)10-21-13/h8-10,17H,3-7H2,1-2H3. The summed E-state index contributed by atoms with van der Waals surface area (Å²) in [5.41, 5.74) is 0.371. The van der Waals surface area contributed by atoms with Crippen molar-refractivity contribution in [3.8, 4) is 0 Å². The highest BCUT2D eigenvalue weighted by Crippen LogP contribution is 2.41. The van der Waals surface area contributed by atoms with Crippen molar-refractivity contribution in [2.24, 2.45) is 0 Å². The molecule has 22 heavy (non-hydrogen) atoms. The van der Waals surface area contributed by atoms with Gasteiger partial charge < -0.3 is 0 Å². The number of thiazole rings is 1. The first-order chi connectivity index (χ1) is 10.5. The molecule has 2 heterocycles. The third kappa shape index (κ3) is 2.82. The number of aryl methyl sites for hydroxylation is 2. The van der Waals surface area contributed by atoms with Crippen molar-refractivity contribution < 1.29 is 8.42 Å². The van der Waals surface area contributed by atoms with E-state index in [0.29, 0.717) is 6.54 Å². The van der Waals surface area contributed by atoms with Crippen LogP contribution in [-0.4, -0.2) is 23.2 Å². The average Bonchev–Trinajstić information content (AvgIpc) is 3.17. The summed E-state index contributed by atoms with van der Waals surface area (Å²) in [7, 11) is -3.60. The molecule has 0 amide bonds. The van der Waals surface area contributed by atoms with Gasteiger partial charge in [0.25, 0.3) is 0 Å². The third-order valence-electron chi connectivity index (χ3n) is 4.06. The summed E-state index contributed by atoms with van der Waals surface area (Å²) in [6.45, 7) is 4.50. The Bertz CT molecular complexity index is 757. The lowest BCUT2D eigenvalue weighted by Crippen LogP contribution is -2.43. The molecule has 0 bridgehead atoms. The molecule has 0 atom stereocenters. The number of hydrogen-bond acceptors (Lipinski definition) is 5. The predicted octanol–water partition coefficient (Wildman–Crippen LogP) is 2.42. The van der Waals surface area contributed by atoms with Crippen molar-refractivity contribution in [1.82, 2.24) is 19.5 Å². The number of hydrogen-bond donors (Lipinski definition) is 1. The van der Waals surface area contributed by atoms with Crippen LogP contribution in [0, 0.1) is 6.92 Å². The molecule has 0 saturated heterocycles. The Morgan fingerprint density at radius 2 is 2.14 bits per heavy atom. The monoisotopic (exact) mass is 340 g/mol. The number of rotatable bonds is 5. The lowest BCUT2D eigenvalue weighted by Gasteiger charge is -2.27. The van der Waals surface area contributed by atoms with Gasteiger partial charge in [-0.3, -0.25) is 4.68 Å². The van der Waals surface area contributed by atoms with E-state index in [9.17, 15) is 8.42 Å². The number of nitrogens with one attached hydrogen (secondary N) is 1. The van der Waals surface area contributed by atoms with Crippen LogP contribution in [0.3, 0.4) is 0 Å². The summed E-state index contributed by atoms with van der Waals surface area (Å²) in [5.74, 6) is 0. The van der Waals surface area contributed by atoms with Gasteiger partial charge in [-0.1, -0.05) is 12.8 Å². The van der Waals surface area contributed by atoms with Crippen molar-refractivity contribution in [2.45, 2.75) is 56.5 Å². The Kier molecular flexibility index (Phi) is 4.09. The van der Waals surface area contributed by atoms with Crippen LogP contribution in [0.15, 0.2) is 22.7 Å².